The van der Waals surface area contributed by atoms with Gasteiger partial charge in [-0.3, -0.25) is 0 Å². The number of carbonyl (C=O) groups excluding carboxylic acids is 1. The third kappa shape index (κ3) is 4.94. The summed E-state index contributed by atoms with van der Waals surface area (Å²) in [5, 5.41) is 9.20. The molecule has 2 aliphatic rings. The summed E-state index contributed by atoms with van der Waals surface area (Å²) in [7, 11) is 0. The summed E-state index contributed by atoms with van der Waals surface area (Å²) in [5.41, 5.74) is 2.56. The molecule has 28 heavy (non-hydrogen) atoms. The molecule has 1 aromatic heterocycles. The van der Waals surface area contributed by atoms with Gasteiger partial charge in [0.2, 0.25) is 0 Å². The molecule has 3 N–H and O–H groups in total. The molecule has 0 radical (unpaired) electrons. The van der Waals surface area contributed by atoms with Crippen LogP contribution >= 0.6 is 0 Å². The second-order valence-electron chi connectivity index (χ2n) is 7.79. The average Bonchev–Trinajstić information content (AvgIpc) is 3.42. The third-order valence-electron chi connectivity index (χ3n) is 5.65. The lowest BCUT2D eigenvalue weighted by atomic mass is 10.1. The summed E-state index contributed by atoms with van der Waals surface area (Å²) >= 11 is 0. The molecular formula is C22H29N5O. The summed E-state index contributed by atoms with van der Waals surface area (Å²) in [6, 6.07) is 11.5. The molecule has 1 saturated heterocycles. The van der Waals surface area contributed by atoms with Crippen molar-refractivity contribution in [2.75, 3.05) is 40.5 Å². The maximum atomic E-state index is 12.2. The summed E-state index contributed by atoms with van der Waals surface area (Å²) in [6.45, 7) is 3.16. The largest absolute Gasteiger partial charge is 0.385 e. The maximum Gasteiger partial charge on any atom is 0.323 e. The topological polar surface area (TPSA) is 69.3 Å². The number of hydrogen-bond donors (Lipinski definition) is 3. The number of aromatic nitrogens is 1. The number of hydrogen-bond acceptors (Lipinski definition) is 4. The molecule has 2 heterocycles. The van der Waals surface area contributed by atoms with Gasteiger partial charge in [-0.05, 0) is 68.0 Å². The van der Waals surface area contributed by atoms with E-state index in [4.69, 9.17) is 0 Å². The minimum atomic E-state index is -0.262. The van der Waals surface area contributed by atoms with Crippen molar-refractivity contribution in [2.24, 2.45) is 5.92 Å². The van der Waals surface area contributed by atoms with E-state index in [-0.39, 0.29) is 6.03 Å². The van der Waals surface area contributed by atoms with Crippen LogP contribution in [0.1, 0.15) is 38.5 Å². The predicted octanol–water partition coefficient (Wildman–Crippen LogP) is 4.93. The molecule has 148 valence electrons. The van der Waals surface area contributed by atoms with E-state index in [0.717, 1.165) is 42.7 Å². The minimum absolute atomic E-state index is 0.262. The maximum absolute atomic E-state index is 12.2. The Bertz CT molecular complexity index is 763. The molecule has 1 aromatic carbocycles. The predicted molar refractivity (Wildman–Crippen MR) is 115 cm³/mol. The van der Waals surface area contributed by atoms with Crippen molar-refractivity contribution < 1.29 is 4.79 Å². The molecule has 0 spiro atoms. The van der Waals surface area contributed by atoms with Crippen molar-refractivity contribution in [3.05, 3.63) is 42.6 Å². The molecule has 1 aliphatic carbocycles. The first-order valence-corrected chi connectivity index (χ1v) is 10.4. The fourth-order valence-corrected chi connectivity index (χ4v) is 4.03. The highest BCUT2D eigenvalue weighted by atomic mass is 16.2. The number of pyridine rings is 1. The summed E-state index contributed by atoms with van der Waals surface area (Å²) in [6.07, 6.45) is 9.55. The Labute approximate surface area is 166 Å². The van der Waals surface area contributed by atoms with E-state index in [1.165, 1.54) is 38.5 Å². The Morgan fingerprint density at radius 3 is 2.21 bits per heavy atom. The molecule has 2 aromatic rings. The Hall–Kier alpha value is -2.76. The number of nitrogens with one attached hydrogen (secondary N) is 3. The SMILES string of the molecule is O=C(Nc1ccc(NCC2CCCC2)cc1)Nc1ccc(N2CCCC2)nc1. The van der Waals surface area contributed by atoms with Gasteiger partial charge in [-0.15, -0.1) is 0 Å². The summed E-state index contributed by atoms with van der Waals surface area (Å²) in [5.74, 6) is 1.78. The van der Waals surface area contributed by atoms with E-state index in [1.807, 2.05) is 36.4 Å². The quantitative estimate of drug-likeness (QED) is 0.666. The molecule has 1 saturated carbocycles. The normalized spacial score (nSPS) is 16.9. The number of urea groups is 1. The van der Waals surface area contributed by atoms with Crippen LogP contribution in [0.15, 0.2) is 42.6 Å². The lowest BCUT2D eigenvalue weighted by molar-refractivity contribution is 0.262. The molecule has 0 bridgehead atoms. The van der Waals surface area contributed by atoms with Gasteiger partial charge in [-0.25, -0.2) is 9.78 Å². The molecule has 4 rings (SSSR count). The molecule has 6 nitrogen and oxygen atoms in total. The van der Waals surface area contributed by atoms with Crippen LogP contribution in [0.2, 0.25) is 0 Å². The van der Waals surface area contributed by atoms with Gasteiger partial charge >= 0.3 is 6.03 Å². The molecule has 2 fully saturated rings. The standard InChI is InChI=1S/C22H29N5O/c28-22(26-20-11-12-21(24-16-20)27-13-3-4-14-27)25-19-9-7-18(8-10-19)23-15-17-5-1-2-6-17/h7-12,16-17,23H,1-6,13-15H2,(H2,25,26,28). The Balaban J connectivity index is 1.25. The van der Waals surface area contributed by atoms with Crippen LogP contribution in [-0.2, 0) is 0 Å². The average molecular weight is 380 g/mol. The first-order valence-electron chi connectivity index (χ1n) is 10.4. The summed E-state index contributed by atoms with van der Waals surface area (Å²) in [4.78, 5) is 19.0. The zero-order valence-corrected chi connectivity index (χ0v) is 16.3. The Morgan fingerprint density at radius 2 is 1.54 bits per heavy atom. The number of carbonyl (C=O) groups is 1. The van der Waals surface area contributed by atoms with E-state index < -0.39 is 0 Å². The second kappa shape index (κ2) is 8.95. The Morgan fingerprint density at radius 1 is 0.893 bits per heavy atom. The van der Waals surface area contributed by atoms with Crippen LogP contribution in [0.3, 0.4) is 0 Å². The first kappa shape index (κ1) is 18.6. The van der Waals surface area contributed by atoms with E-state index in [9.17, 15) is 4.79 Å². The van der Waals surface area contributed by atoms with Gasteiger partial charge in [0.05, 0.1) is 11.9 Å². The molecule has 2 amide bonds. The van der Waals surface area contributed by atoms with Crippen molar-refractivity contribution in [1.82, 2.24) is 4.98 Å². The van der Waals surface area contributed by atoms with Gasteiger partial charge in [-0.1, -0.05) is 12.8 Å². The van der Waals surface area contributed by atoms with Crippen LogP contribution in [-0.4, -0.2) is 30.6 Å². The fraction of sp³-hybridized carbons (Fsp3) is 0.455. The van der Waals surface area contributed by atoms with Gasteiger partial charge in [-0.2, -0.15) is 0 Å². The highest BCUT2D eigenvalue weighted by Crippen LogP contribution is 2.25. The van der Waals surface area contributed by atoms with Crippen molar-refractivity contribution in [3.63, 3.8) is 0 Å². The number of nitrogens with zero attached hydrogens (tertiary/aromatic N) is 2. The van der Waals surface area contributed by atoms with Gasteiger partial charge in [0, 0.05) is 31.0 Å². The zero-order valence-electron chi connectivity index (χ0n) is 16.3. The Kier molecular flexibility index (Phi) is 5.95. The van der Waals surface area contributed by atoms with Crippen LogP contribution in [0.4, 0.5) is 27.7 Å². The molecule has 0 unspecified atom stereocenters. The monoisotopic (exact) mass is 379 g/mol. The van der Waals surface area contributed by atoms with Crippen molar-refractivity contribution in [2.45, 2.75) is 38.5 Å². The number of anilines is 4. The van der Waals surface area contributed by atoms with Crippen LogP contribution in [0.25, 0.3) is 0 Å². The minimum Gasteiger partial charge on any atom is -0.385 e. The zero-order chi connectivity index (χ0) is 19.2. The lowest BCUT2D eigenvalue weighted by Gasteiger charge is -2.16. The third-order valence-corrected chi connectivity index (χ3v) is 5.65. The number of benzene rings is 1. The summed E-state index contributed by atoms with van der Waals surface area (Å²) < 4.78 is 0. The van der Waals surface area contributed by atoms with Crippen molar-refractivity contribution in [3.8, 4) is 0 Å². The van der Waals surface area contributed by atoms with Gasteiger partial charge in [0.25, 0.3) is 0 Å². The number of amides is 2. The molecular weight excluding hydrogens is 350 g/mol. The van der Waals surface area contributed by atoms with Gasteiger partial charge in [0.1, 0.15) is 5.82 Å². The molecule has 6 heteroatoms. The van der Waals surface area contributed by atoms with Crippen molar-refractivity contribution in [1.29, 1.82) is 0 Å². The molecule has 0 atom stereocenters. The van der Waals surface area contributed by atoms with Crippen LogP contribution in [0, 0.1) is 5.92 Å². The van der Waals surface area contributed by atoms with Gasteiger partial charge in [0.15, 0.2) is 0 Å². The lowest BCUT2D eigenvalue weighted by Crippen LogP contribution is -2.21. The van der Waals surface area contributed by atoms with Crippen LogP contribution in [0.5, 0.6) is 0 Å². The van der Waals surface area contributed by atoms with E-state index in [1.54, 1.807) is 6.20 Å². The fourth-order valence-electron chi connectivity index (χ4n) is 4.03. The van der Waals surface area contributed by atoms with Gasteiger partial charge < -0.3 is 20.9 Å². The second-order valence-corrected chi connectivity index (χ2v) is 7.79. The highest BCUT2D eigenvalue weighted by molar-refractivity contribution is 5.99. The van der Waals surface area contributed by atoms with E-state index >= 15 is 0 Å². The van der Waals surface area contributed by atoms with E-state index in [2.05, 4.69) is 25.8 Å². The smallest absolute Gasteiger partial charge is 0.323 e. The molecule has 1 aliphatic heterocycles. The van der Waals surface area contributed by atoms with Crippen molar-refractivity contribution >= 4 is 28.9 Å². The van der Waals surface area contributed by atoms with Crippen LogP contribution < -0.4 is 20.9 Å². The van der Waals surface area contributed by atoms with E-state index in [0.29, 0.717) is 5.69 Å². The number of rotatable bonds is 6. The first-order chi connectivity index (χ1) is 13.8. The highest BCUT2D eigenvalue weighted by Gasteiger charge is 2.15.